The zero-order chi connectivity index (χ0) is 10.3. The summed E-state index contributed by atoms with van der Waals surface area (Å²) in [7, 11) is 0. The second-order valence-corrected chi connectivity index (χ2v) is 4.30. The summed E-state index contributed by atoms with van der Waals surface area (Å²) in [5.41, 5.74) is 3.26. The summed E-state index contributed by atoms with van der Waals surface area (Å²) in [6.07, 6.45) is 1.68. The maximum atomic E-state index is 11.7. The highest BCUT2D eigenvalue weighted by molar-refractivity contribution is 9.10. The summed E-state index contributed by atoms with van der Waals surface area (Å²) in [4.78, 5) is 14.8. The summed E-state index contributed by atoms with van der Waals surface area (Å²) in [6, 6.07) is 3.92. The molecule has 2 nitrogen and oxygen atoms in total. The third kappa shape index (κ3) is 1.38. The van der Waals surface area contributed by atoms with E-state index < -0.39 is 0 Å². The first-order valence-corrected chi connectivity index (χ1v) is 5.17. The van der Waals surface area contributed by atoms with Crippen LogP contribution < -0.4 is 5.43 Å². The molecule has 0 bridgehead atoms. The van der Waals surface area contributed by atoms with Crippen LogP contribution in [0.2, 0.25) is 0 Å². The Balaban J connectivity index is 2.97. The summed E-state index contributed by atoms with van der Waals surface area (Å²) in [6.45, 7) is 4.05. The third-order valence-corrected chi connectivity index (χ3v) is 3.04. The molecule has 0 amide bonds. The molecule has 1 heterocycles. The average molecular weight is 252 g/mol. The summed E-state index contributed by atoms with van der Waals surface area (Å²) in [5.74, 6) is 0. The fraction of sp³-hybridized carbons (Fsp3) is 0.182. The monoisotopic (exact) mass is 251 g/mol. The van der Waals surface area contributed by atoms with Gasteiger partial charge >= 0.3 is 0 Å². The number of hydrogen-bond acceptors (Lipinski definition) is 1. The molecule has 3 heteroatoms. The number of benzene rings is 1. The minimum absolute atomic E-state index is 0.0434. The van der Waals surface area contributed by atoms with Crippen LogP contribution in [0.5, 0.6) is 0 Å². The number of pyridine rings is 1. The Morgan fingerprint density at radius 1 is 1.21 bits per heavy atom. The van der Waals surface area contributed by atoms with Crippen molar-refractivity contribution < 1.29 is 0 Å². The molecular weight excluding hydrogens is 242 g/mol. The standard InChI is InChI=1S/C11H10BrNO/c1-6-3-8-10(4-7(6)2)13-5-9(12)11(8)14/h3-5H,1-2H3,(H,13,14). The number of aromatic amines is 1. The lowest BCUT2D eigenvalue weighted by Crippen LogP contribution is -2.04. The Hall–Kier alpha value is -1.09. The molecule has 2 aromatic rings. The number of halogens is 1. The topological polar surface area (TPSA) is 32.9 Å². The summed E-state index contributed by atoms with van der Waals surface area (Å²) >= 11 is 3.22. The lowest BCUT2D eigenvalue weighted by Gasteiger charge is -2.03. The van der Waals surface area contributed by atoms with Crippen molar-refractivity contribution in [1.29, 1.82) is 0 Å². The van der Waals surface area contributed by atoms with E-state index in [1.807, 2.05) is 26.0 Å². The number of aryl methyl sites for hydroxylation is 2. The lowest BCUT2D eigenvalue weighted by molar-refractivity contribution is 1.31. The smallest absolute Gasteiger partial charge is 0.203 e. The zero-order valence-corrected chi connectivity index (χ0v) is 9.60. The Morgan fingerprint density at radius 2 is 1.86 bits per heavy atom. The van der Waals surface area contributed by atoms with E-state index in [4.69, 9.17) is 0 Å². The van der Waals surface area contributed by atoms with Gasteiger partial charge in [0.2, 0.25) is 5.43 Å². The van der Waals surface area contributed by atoms with Gasteiger partial charge in [-0.2, -0.15) is 0 Å². The SMILES string of the molecule is Cc1cc2[nH]cc(Br)c(=O)c2cc1C. The fourth-order valence-corrected chi connectivity index (χ4v) is 1.79. The minimum Gasteiger partial charge on any atom is -0.360 e. The predicted octanol–water partition coefficient (Wildman–Crippen LogP) is 2.91. The third-order valence-electron chi connectivity index (χ3n) is 2.45. The largest absolute Gasteiger partial charge is 0.360 e. The molecule has 0 unspecified atom stereocenters. The molecule has 0 aliphatic carbocycles. The highest BCUT2D eigenvalue weighted by Gasteiger charge is 2.04. The molecule has 1 aromatic carbocycles. The fourth-order valence-electron chi connectivity index (χ4n) is 1.46. The van der Waals surface area contributed by atoms with Gasteiger partial charge in [0.05, 0.1) is 4.47 Å². The van der Waals surface area contributed by atoms with Crippen molar-refractivity contribution in [1.82, 2.24) is 4.98 Å². The van der Waals surface area contributed by atoms with Gasteiger partial charge in [0.1, 0.15) is 0 Å². The van der Waals surface area contributed by atoms with Gasteiger partial charge in [-0.1, -0.05) is 0 Å². The van der Waals surface area contributed by atoms with Crippen molar-refractivity contribution in [3.63, 3.8) is 0 Å². The molecule has 0 aliphatic heterocycles. The molecule has 0 radical (unpaired) electrons. The van der Waals surface area contributed by atoms with Gasteiger partial charge < -0.3 is 4.98 Å². The first kappa shape index (κ1) is 9.46. The van der Waals surface area contributed by atoms with Crippen molar-refractivity contribution in [2.24, 2.45) is 0 Å². The van der Waals surface area contributed by atoms with Gasteiger partial charge in [0, 0.05) is 17.1 Å². The predicted molar refractivity (Wildman–Crippen MR) is 61.7 cm³/mol. The molecule has 2 rings (SSSR count). The summed E-state index contributed by atoms with van der Waals surface area (Å²) < 4.78 is 0.577. The van der Waals surface area contributed by atoms with Crippen molar-refractivity contribution in [2.75, 3.05) is 0 Å². The molecule has 0 saturated heterocycles. The Morgan fingerprint density at radius 3 is 2.57 bits per heavy atom. The molecular formula is C11H10BrNO. The number of fused-ring (bicyclic) bond motifs is 1. The Labute approximate surface area is 90.1 Å². The Bertz CT molecular complexity index is 557. The van der Waals surface area contributed by atoms with Gasteiger partial charge in [-0.15, -0.1) is 0 Å². The van der Waals surface area contributed by atoms with Crippen LogP contribution in [0.1, 0.15) is 11.1 Å². The summed E-state index contributed by atoms with van der Waals surface area (Å²) in [5, 5.41) is 0.738. The van der Waals surface area contributed by atoms with Gasteiger partial charge in [-0.3, -0.25) is 4.79 Å². The molecule has 72 valence electrons. The molecule has 0 fully saturated rings. The normalized spacial score (nSPS) is 10.8. The van der Waals surface area contributed by atoms with E-state index in [2.05, 4.69) is 20.9 Å². The second kappa shape index (κ2) is 3.24. The average Bonchev–Trinajstić information content (AvgIpc) is 2.15. The van der Waals surface area contributed by atoms with E-state index in [1.165, 1.54) is 5.56 Å². The van der Waals surface area contributed by atoms with Crippen molar-refractivity contribution in [2.45, 2.75) is 13.8 Å². The van der Waals surface area contributed by atoms with E-state index in [1.54, 1.807) is 6.20 Å². The van der Waals surface area contributed by atoms with Gasteiger partial charge in [0.25, 0.3) is 0 Å². The highest BCUT2D eigenvalue weighted by Crippen LogP contribution is 2.16. The highest BCUT2D eigenvalue weighted by atomic mass is 79.9. The molecule has 0 spiro atoms. The van der Waals surface area contributed by atoms with Gasteiger partial charge in [-0.25, -0.2) is 0 Å². The maximum absolute atomic E-state index is 11.7. The van der Waals surface area contributed by atoms with Crippen molar-refractivity contribution in [3.05, 3.63) is 44.2 Å². The van der Waals surface area contributed by atoms with E-state index >= 15 is 0 Å². The first-order valence-electron chi connectivity index (χ1n) is 4.38. The van der Waals surface area contributed by atoms with Gasteiger partial charge in [-0.05, 0) is 53.0 Å². The van der Waals surface area contributed by atoms with Crippen molar-refractivity contribution in [3.8, 4) is 0 Å². The van der Waals surface area contributed by atoms with Crippen LogP contribution in [0, 0.1) is 13.8 Å². The first-order chi connectivity index (χ1) is 6.59. The van der Waals surface area contributed by atoms with E-state index in [9.17, 15) is 4.79 Å². The number of aromatic nitrogens is 1. The maximum Gasteiger partial charge on any atom is 0.203 e. The molecule has 14 heavy (non-hydrogen) atoms. The van der Waals surface area contributed by atoms with E-state index in [0.717, 1.165) is 16.5 Å². The van der Waals surface area contributed by atoms with Crippen LogP contribution >= 0.6 is 15.9 Å². The second-order valence-electron chi connectivity index (χ2n) is 3.45. The van der Waals surface area contributed by atoms with Crippen molar-refractivity contribution >= 4 is 26.8 Å². The molecule has 0 saturated carbocycles. The number of hydrogen-bond donors (Lipinski definition) is 1. The molecule has 1 aromatic heterocycles. The van der Waals surface area contributed by atoms with E-state index in [-0.39, 0.29) is 5.43 Å². The van der Waals surface area contributed by atoms with E-state index in [0.29, 0.717) is 4.47 Å². The number of H-pyrrole nitrogens is 1. The number of nitrogens with one attached hydrogen (secondary N) is 1. The molecule has 0 aliphatic rings. The minimum atomic E-state index is 0.0434. The van der Waals surface area contributed by atoms with Gasteiger partial charge in [0.15, 0.2) is 0 Å². The van der Waals surface area contributed by atoms with Crippen LogP contribution in [-0.4, -0.2) is 4.98 Å². The van der Waals surface area contributed by atoms with Crippen LogP contribution in [0.4, 0.5) is 0 Å². The van der Waals surface area contributed by atoms with Crippen LogP contribution in [0.15, 0.2) is 27.6 Å². The number of rotatable bonds is 0. The molecule has 0 atom stereocenters. The van der Waals surface area contributed by atoms with Crippen LogP contribution in [0.3, 0.4) is 0 Å². The van der Waals surface area contributed by atoms with Crippen LogP contribution in [-0.2, 0) is 0 Å². The lowest BCUT2D eigenvalue weighted by atomic mass is 10.1. The zero-order valence-electron chi connectivity index (χ0n) is 8.02. The van der Waals surface area contributed by atoms with Crippen LogP contribution in [0.25, 0.3) is 10.9 Å². The quantitative estimate of drug-likeness (QED) is 0.768. The molecule has 1 N–H and O–H groups in total. The Kier molecular flexibility index (Phi) is 2.19.